The molecule has 0 aromatic heterocycles. The van der Waals surface area contributed by atoms with Gasteiger partial charge in [0.1, 0.15) is 0 Å². The summed E-state index contributed by atoms with van der Waals surface area (Å²) in [6.07, 6.45) is -0.0432. The molecule has 0 aromatic carbocycles. The van der Waals surface area contributed by atoms with Crippen molar-refractivity contribution in [2.75, 3.05) is 6.16 Å². The first-order chi connectivity index (χ1) is 5.68. The third kappa shape index (κ3) is 6.80. The molecule has 0 fully saturated rings. The number of hydrogen-bond donors (Lipinski definition) is 3. The molecule has 0 radical (unpaired) electrons. The van der Waals surface area contributed by atoms with Crippen molar-refractivity contribution < 1.29 is 32.4 Å². The van der Waals surface area contributed by atoms with Gasteiger partial charge in [-0.1, -0.05) is 6.92 Å². The Morgan fingerprint density at radius 2 is 2.00 bits per heavy atom. The van der Waals surface area contributed by atoms with Gasteiger partial charge in [-0.3, -0.25) is 4.89 Å². The lowest BCUT2D eigenvalue weighted by Gasteiger charge is -2.12. The lowest BCUT2D eigenvalue weighted by molar-refractivity contribution is 0.279. The first-order valence-corrected chi connectivity index (χ1v) is 8.39. The van der Waals surface area contributed by atoms with E-state index in [9.17, 15) is 9.13 Å². The van der Waals surface area contributed by atoms with Crippen LogP contribution in [0.3, 0.4) is 0 Å². The first-order valence-electron chi connectivity index (χ1n) is 2.90. The molecule has 0 aliphatic carbocycles. The van der Waals surface area contributed by atoms with E-state index in [2.05, 4.69) is 20.4 Å². The second kappa shape index (κ2) is 5.03. The molecule has 3 atom stereocenters. The van der Waals surface area contributed by atoms with Crippen LogP contribution in [0.4, 0.5) is 0 Å². The van der Waals surface area contributed by atoms with Gasteiger partial charge in [0, 0.05) is 10.7 Å². The van der Waals surface area contributed by atoms with E-state index in [0.717, 1.165) is 0 Å². The third-order valence-electron chi connectivity index (χ3n) is 0.803. The van der Waals surface area contributed by atoms with Gasteiger partial charge < -0.3 is 4.89 Å². The van der Waals surface area contributed by atoms with Crippen LogP contribution in [0.15, 0.2) is 0 Å². The quantitative estimate of drug-likeness (QED) is 0.635. The van der Waals surface area contributed by atoms with E-state index in [0.29, 0.717) is 0 Å². The summed E-state index contributed by atoms with van der Waals surface area (Å²) in [5.74, 6) is 0. The Bertz CT molecular complexity index is 287. The average Bonchev–Trinajstić information content (AvgIpc) is 1.81. The Balaban J connectivity index is 4.43. The lowest BCUT2D eigenvalue weighted by atomic mass is 11.0. The van der Waals surface area contributed by atoms with Gasteiger partial charge in [-0.2, -0.15) is 0 Å². The Kier molecular flexibility index (Phi) is 5.33. The molecular weight excluding hydrogens is 261 g/mol. The fourth-order valence-electron chi connectivity index (χ4n) is 0.322. The minimum absolute atomic E-state index is 0.0432. The molecule has 78 valence electrons. The summed E-state index contributed by atoms with van der Waals surface area (Å²) in [7, 11) is -8.00. The largest absolute Gasteiger partial charge is 0.705 e. The fraction of sp³-hybridized carbons (Fsp3) is 1.00. The second-order valence-electron chi connectivity index (χ2n) is 1.82. The first kappa shape index (κ1) is 13.8. The number of rotatable bonds is 5. The van der Waals surface area contributed by atoms with Crippen LogP contribution in [0.25, 0.3) is 0 Å². The molecule has 0 saturated carbocycles. The van der Waals surface area contributed by atoms with Crippen LogP contribution in [0.2, 0.25) is 0 Å². The van der Waals surface area contributed by atoms with E-state index in [4.69, 9.17) is 14.7 Å². The van der Waals surface area contributed by atoms with Crippen LogP contribution >= 0.6 is 22.6 Å². The Morgan fingerprint density at radius 3 is 2.31 bits per heavy atom. The summed E-state index contributed by atoms with van der Waals surface area (Å²) in [4.78, 5) is 25.9. The van der Waals surface area contributed by atoms with E-state index in [1.807, 2.05) is 0 Å². The highest BCUT2D eigenvalue weighted by atomic mass is 32.5. The standard InChI is InChI=1S/C2H7O7P3S/c1-2-11(5,13)9-12(6,7)8-10(3)4/h2H2,1H3,(H2-,3,4,5,6,7,13)/p+1. The molecule has 3 N–H and O–H groups in total. The average molecular weight is 269 g/mol. The van der Waals surface area contributed by atoms with Crippen molar-refractivity contribution in [2.24, 2.45) is 0 Å². The molecule has 0 bridgehead atoms. The normalized spacial score (nSPS) is 21.7. The van der Waals surface area contributed by atoms with Crippen molar-refractivity contribution in [1.82, 2.24) is 0 Å². The van der Waals surface area contributed by atoms with Gasteiger partial charge in [0.2, 0.25) is 0 Å². The second-order valence-corrected chi connectivity index (χ2v) is 8.16. The van der Waals surface area contributed by atoms with E-state index >= 15 is 0 Å². The monoisotopic (exact) mass is 269 g/mol. The summed E-state index contributed by atoms with van der Waals surface area (Å²) in [6.45, 7) is -1.95. The topological polar surface area (TPSA) is 113 Å². The van der Waals surface area contributed by atoms with E-state index < -0.39 is 22.6 Å². The Hall–Kier alpha value is 0.780. The highest BCUT2D eigenvalue weighted by Crippen LogP contribution is 2.62. The van der Waals surface area contributed by atoms with Crippen LogP contribution < -0.4 is 0 Å². The van der Waals surface area contributed by atoms with Gasteiger partial charge in [0.25, 0.3) is 0 Å². The summed E-state index contributed by atoms with van der Waals surface area (Å²) in [5.41, 5.74) is 0. The number of hydrogen-bond acceptors (Lipinski definition) is 5. The molecule has 0 saturated heterocycles. The van der Waals surface area contributed by atoms with Crippen molar-refractivity contribution in [1.29, 1.82) is 0 Å². The maximum Gasteiger partial charge on any atom is 0.705 e. The predicted octanol–water partition coefficient (Wildman–Crippen LogP) is 1.09. The minimum atomic E-state index is -4.73. The van der Waals surface area contributed by atoms with E-state index in [1.165, 1.54) is 6.92 Å². The fourth-order valence-corrected chi connectivity index (χ4v) is 3.93. The van der Waals surface area contributed by atoms with Gasteiger partial charge in [0.05, 0.1) is 0 Å². The molecular formula is C2H8O7P3S+. The van der Waals surface area contributed by atoms with Gasteiger partial charge in [-0.25, -0.2) is 8.88 Å². The van der Waals surface area contributed by atoms with Crippen LogP contribution in [-0.4, -0.2) is 20.8 Å². The summed E-state index contributed by atoms with van der Waals surface area (Å²) in [6, 6.07) is 0. The molecule has 3 unspecified atom stereocenters. The van der Waals surface area contributed by atoms with Gasteiger partial charge in [0.15, 0.2) is 6.49 Å². The maximum atomic E-state index is 10.8. The zero-order chi connectivity index (χ0) is 10.7. The van der Waals surface area contributed by atoms with Crippen molar-refractivity contribution in [3.8, 4) is 0 Å². The van der Waals surface area contributed by atoms with Crippen LogP contribution in [0.1, 0.15) is 6.92 Å². The zero-order valence-corrected chi connectivity index (χ0v) is 9.93. The van der Waals surface area contributed by atoms with Crippen LogP contribution in [-0.2, 0) is 29.6 Å². The minimum Gasteiger partial charge on any atom is -0.345 e. The third-order valence-corrected chi connectivity index (χ3v) is 6.21. The molecule has 0 amide bonds. The molecule has 0 aromatic rings. The van der Waals surface area contributed by atoms with Crippen molar-refractivity contribution in [3.63, 3.8) is 0 Å². The van der Waals surface area contributed by atoms with Crippen molar-refractivity contribution in [2.45, 2.75) is 6.92 Å². The SMILES string of the molecule is CCP(O)(=S)OP(=O)(O)O[P+](=O)O. The highest BCUT2D eigenvalue weighted by molar-refractivity contribution is 8.10. The van der Waals surface area contributed by atoms with Gasteiger partial charge >= 0.3 is 16.1 Å². The van der Waals surface area contributed by atoms with Crippen molar-refractivity contribution >= 4 is 34.4 Å². The maximum absolute atomic E-state index is 10.8. The summed E-state index contributed by atoms with van der Waals surface area (Å²) in [5, 5.41) is 0. The molecule has 11 heteroatoms. The molecule has 0 heterocycles. The van der Waals surface area contributed by atoms with Crippen molar-refractivity contribution in [3.05, 3.63) is 0 Å². The van der Waals surface area contributed by atoms with Crippen LogP contribution in [0, 0.1) is 0 Å². The Labute approximate surface area is 80.4 Å². The predicted molar refractivity (Wildman–Crippen MR) is 48.9 cm³/mol. The summed E-state index contributed by atoms with van der Waals surface area (Å²) < 4.78 is 28.5. The van der Waals surface area contributed by atoms with E-state index in [-0.39, 0.29) is 6.16 Å². The smallest absolute Gasteiger partial charge is 0.345 e. The van der Waals surface area contributed by atoms with Gasteiger partial charge in [-0.05, 0) is 16.1 Å². The number of phosphoric acid groups is 1. The van der Waals surface area contributed by atoms with Crippen LogP contribution in [0.5, 0.6) is 0 Å². The molecule has 13 heavy (non-hydrogen) atoms. The zero-order valence-electron chi connectivity index (χ0n) is 6.43. The lowest BCUT2D eigenvalue weighted by Crippen LogP contribution is -1.91. The molecule has 0 aliphatic heterocycles. The highest BCUT2D eigenvalue weighted by Gasteiger charge is 2.38. The Morgan fingerprint density at radius 1 is 1.54 bits per heavy atom. The molecule has 0 spiro atoms. The molecule has 7 nitrogen and oxygen atoms in total. The molecule has 0 aliphatic rings. The van der Waals surface area contributed by atoms with Gasteiger partial charge in [-0.15, -0.1) is 4.89 Å². The summed E-state index contributed by atoms with van der Waals surface area (Å²) >= 11 is 4.40. The van der Waals surface area contributed by atoms with E-state index in [1.54, 1.807) is 0 Å². The molecule has 0 rings (SSSR count).